The van der Waals surface area contributed by atoms with Crippen molar-refractivity contribution >= 4 is 21.8 Å². The van der Waals surface area contributed by atoms with Gasteiger partial charge in [0.1, 0.15) is 0 Å². The van der Waals surface area contributed by atoms with Crippen LogP contribution in [0.15, 0.2) is 85.2 Å². The Morgan fingerprint density at radius 2 is 1.00 bits per heavy atom. The Hall–Kier alpha value is -2.78. The van der Waals surface area contributed by atoms with Crippen LogP contribution in [0.25, 0.3) is 21.8 Å². The van der Waals surface area contributed by atoms with E-state index >= 15 is 0 Å². The summed E-state index contributed by atoms with van der Waals surface area (Å²) in [6, 6.07) is 25.0. The second-order valence-electron chi connectivity index (χ2n) is 5.54. The van der Waals surface area contributed by atoms with Gasteiger partial charge < -0.3 is 0 Å². The van der Waals surface area contributed by atoms with E-state index in [0.717, 1.165) is 0 Å². The van der Waals surface area contributed by atoms with Gasteiger partial charge in [-0.15, -0.1) is 0 Å². The van der Waals surface area contributed by atoms with Crippen molar-refractivity contribution in [3.8, 4) is 0 Å². The molecule has 4 rings (SSSR count). The van der Waals surface area contributed by atoms with Crippen LogP contribution in [-0.2, 0) is 18.2 Å². The van der Waals surface area contributed by atoms with Gasteiger partial charge in [-0.25, -0.2) is 0 Å². The molecule has 0 bridgehead atoms. The van der Waals surface area contributed by atoms with Gasteiger partial charge in [-0.05, 0) is 24.3 Å². The molecule has 2 heterocycles. The first-order valence-electron chi connectivity index (χ1n) is 7.74. The van der Waals surface area contributed by atoms with Gasteiger partial charge >= 0.3 is 0 Å². The Kier molecular flexibility index (Phi) is 3.70. The zero-order chi connectivity index (χ0) is 15.5. The third kappa shape index (κ3) is 2.79. The van der Waals surface area contributed by atoms with Gasteiger partial charge in [-0.1, -0.05) is 24.3 Å². The van der Waals surface area contributed by atoms with Crippen LogP contribution in [0.1, 0.15) is 0 Å². The molecule has 23 heavy (non-hydrogen) atoms. The zero-order valence-corrected chi connectivity index (χ0v) is 12.8. The molecule has 2 aromatic carbocycles. The zero-order valence-electron chi connectivity index (χ0n) is 12.8. The molecule has 112 valence electrons. The van der Waals surface area contributed by atoms with Crippen molar-refractivity contribution in [3.05, 3.63) is 85.2 Å². The molecule has 0 atom stereocenters. The van der Waals surface area contributed by atoms with Crippen LogP contribution in [0.2, 0.25) is 0 Å². The molecule has 0 radical (unpaired) electrons. The quantitative estimate of drug-likeness (QED) is 0.529. The maximum atomic E-state index is 5.95. The third-order valence-electron chi connectivity index (χ3n) is 4.04. The summed E-state index contributed by atoms with van der Waals surface area (Å²) in [5.74, 6) is 0. The van der Waals surface area contributed by atoms with Gasteiger partial charge in [0.2, 0.25) is 11.0 Å². The maximum absolute atomic E-state index is 5.95. The molecule has 3 heteroatoms. The van der Waals surface area contributed by atoms with E-state index in [4.69, 9.17) is 4.74 Å². The van der Waals surface area contributed by atoms with Crippen molar-refractivity contribution in [2.24, 2.45) is 0 Å². The Balaban J connectivity index is 1.55. The molecule has 0 amide bonds. The SMILES string of the molecule is c1ccc2c(c1)ccc[n+]2COC[n+]1cccc2ccccc21. The lowest BCUT2D eigenvalue weighted by atomic mass is 10.2. The molecular weight excluding hydrogens is 284 g/mol. The van der Waals surface area contributed by atoms with Gasteiger partial charge in [-0.3, -0.25) is 4.74 Å². The monoisotopic (exact) mass is 302 g/mol. The summed E-state index contributed by atoms with van der Waals surface area (Å²) in [6.45, 7) is 1.05. The van der Waals surface area contributed by atoms with Crippen molar-refractivity contribution < 1.29 is 13.9 Å². The van der Waals surface area contributed by atoms with Crippen molar-refractivity contribution in [2.75, 3.05) is 0 Å². The summed E-state index contributed by atoms with van der Waals surface area (Å²) in [5, 5.41) is 2.44. The van der Waals surface area contributed by atoms with E-state index in [1.165, 1.54) is 21.8 Å². The number of ether oxygens (including phenoxy) is 1. The molecule has 4 aromatic rings. The largest absolute Gasteiger partial charge is 0.262 e. The number of aromatic nitrogens is 2. The highest BCUT2D eigenvalue weighted by Crippen LogP contribution is 2.09. The van der Waals surface area contributed by atoms with Crippen LogP contribution in [0, 0.1) is 0 Å². The summed E-state index contributed by atoms with van der Waals surface area (Å²) >= 11 is 0. The van der Waals surface area contributed by atoms with E-state index in [9.17, 15) is 0 Å². The maximum Gasteiger partial charge on any atom is 0.258 e. The van der Waals surface area contributed by atoms with Gasteiger partial charge in [0.25, 0.3) is 13.5 Å². The van der Waals surface area contributed by atoms with E-state index in [1.54, 1.807) is 0 Å². The molecule has 0 spiro atoms. The predicted octanol–water partition coefficient (Wildman–Crippen LogP) is 3.20. The number of pyridine rings is 2. The van der Waals surface area contributed by atoms with Gasteiger partial charge in [0.05, 0.1) is 0 Å². The van der Waals surface area contributed by atoms with Crippen LogP contribution >= 0.6 is 0 Å². The Bertz CT molecular complexity index is 876. The minimum atomic E-state index is 0.525. The summed E-state index contributed by atoms with van der Waals surface area (Å²) in [7, 11) is 0. The number of fused-ring (bicyclic) bond motifs is 2. The first kappa shape index (κ1) is 13.9. The predicted molar refractivity (Wildman–Crippen MR) is 89.4 cm³/mol. The lowest BCUT2D eigenvalue weighted by Crippen LogP contribution is -2.41. The van der Waals surface area contributed by atoms with E-state index in [-0.39, 0.29) is 0 Å². The summed E-state index contributed by atoms with van der Waals surface area (Å²) in [6.07, 6.45) is 4.10. The van der Waals surface area contributed by atoms with Crippen molar-refractivity contribution in [1.82, 2.24) is 0 Å². The fourth-order valence-corrected chi connectivity index (χ4v) is 2.90. The average molecular weight is 302 g/mol. The van der Waals surface area contributed by atoms with Gasteiger partial charge in [0, 0.05) is 35.0 Å². The van der Waals surface area contributed by atoms with Gasteiger partial charge in [0.15, 0.2) is 12.4 Å². The highest BCUT2D eigenvalue weighted by atomic mass is 16.5. The van der Waals surface area contributed by atoms with E-state index in [2.05, 4.69) is 94.3 Å². The molecule has 0 fully saturated rings. The molecule has 2 aromatic heterocycles. The highest BCUT2D eigenvalue weighted by molar-refractivity contribution is 5.75. The molecule has 0 aliphatic carbocycles. The minimum absolute atomic E-state index is 0.525. The number of hydrogen-bond acceptors (Lipinski definition) is 1. The molecule has 0 saturated heterocycles. The normalized spacial score (nSPS) is 11.1. The fraction of sp³-hybridized carbons (Fsp3) is 0.100. The molecule has 0 aliphatic heterocycles. The highest BCUT2D eigenvalue weighted by Gasteiger charge is 2.11. The second kappa shape index (κ2) is 6.15. The van der Waals surface area contributed by atoms with Crippen LogP contribution in [0.3, 0.4) is 0 Å². The smallest absolute Gasteiger partial charge is 0.258 e. The Morgan fingerprint density at radius 3 is 1.52 bits per heavy atom. The average Bonchev–Trinajstić information content (AvgIpc) is 2.62. The molecule has 3 nitrogen and oxygen atoms in total. The third-order valence-corrected chi connectivity index (χ3v) is 4.04. The molecule has 0 aliphatic rings. The first-order chi connectivity index (χ1) is 11.4. The van der Waals surface area contributed by atoms with Crippen molar-refractivity contribution in [3.63, 3.8) is 0 Å². The lowest BCUT2D eigenvalue weighted by Gasteiger charge is -2.03. The lowest BCUT2D eigenvalue weighted by molar-refractivity contribution is -0.767. The number of hydrogen-bond donors (Lipinski definition) is 0. The molecule has 0 N–H and O–H groups in total. The standard InChI is InChI=1S/C20H18N2O/c1-3-11-19-17(7-1)9-5-13-21(19)15-23-16-22-14-6-10-18-8-2-4-12-20(18)22/h1-14H,15-16H2/q+2. The fourth-order valence-electron chi connectivity index (χ4n) is 2.90. The summed E-state index contributed by atoms with van der Waals surface area (Å²) < 4.78 is 10.2. The van der Waals surface area contributed by atoms with E-state index < -0.39 is 0 Å². The Labute approximate surface area is 135 Å². The minimum Gasteiger partial charge on any atom is -0.262 e. The van der Waals surface area contributed by atoms with Crippen molar-refractivity contribution in [2.45, 2.75) is 13.5 Å². The first-order valence-corrected chi connectivity index (χ1v) is 7.74. The number of rotatable bonds is 4. The molecular formula is C20H18N2O+2. The van der Waals surface area contributed by atoms with Gasteiger partial charge in [-0.2, -0.15) is 9.13 Å². The summed E-state index contributed by atoms with van der Waals surface area (Å²) in [5.41, 5.74) is 2.36. The van der Waals surface area contributed by atoms with Crippen molar-refractivity contribution in [1.29, 1.82) is 0 Å². The van der Waals surface area contributed by atoms with Crippen LogP contribution in [0.4, 0.5) is 0 Å². The molecule has 0 unspecified atom stereocenters. The van der Waals surface area contributed by atoms with E-state index in [1.807, 2.05) is 0 Å². The van der Waals surface area contributed by atoms with Crippen LogP contribution in [0.5, 0.6) is 0 Å². The topological polar surface area (TPSA) is 17.0 Å². The molecule has 0 saturated carbocycles. The number of para-hydroxylation sites is 2. The van der Waals surface area contributed by atoms with Crippen LogP contribution < -0.4 is 9.13 Å². The Morgan fingerprint density at radius 1 is 0.565 bits per heavy atom. The second-order valence-corrected chi connectivity index (χ2v) is 5.54. The number of nitrogens with zero attached hydrogens (tertiary/aromatic N) is 2. The number of benzene rings is 2. The summed E-state index contributed by atoms with van der Waals surface area (Å²) in [4.78, 5) is 0. The van der Waals surface area contributed by atoms with E-state index in [0.29, 0.717) is 13.5 Å². The van der Waals surface area contributed by atoms with Crippen LogP contribution in [-0.4, -0.2) is 0 Å².